The van der Waals surface area contributed by atoms with Crippen molar-refractivity contribution in [1.82, 2.24) is 5.32 Å². The normalized spacial score (nSPS) is 22.7. The third-order valence-electron chi connectivity index (χ3n) is 4.59. The lowest BCUT2D eigenvalue weighted by Gasteiger charge is -2.27. The summed E-state index contributed by atoms with van der Waals surface area (Å²) in [7, 11) is 0. The molecule has 0 aromatic rings. The minimum Gasteiger partial charge on any atom is -0.384 e. The van der Waals surface area contributed by atoms with Crippen LogP contribution in [-0.2, 0) is 4.79 Å². The first kappa shape index (κ1) is 18.6. The predicted octanol–water partition coefficient (Wildman–Crippen LogP) is 3.98. The Balaban J connectivity index is 1.85. The number of aliphatic hydroxyl groups is 1. The molecule has 2 atom stereocenters. The Morgan fingerprint density at radius 3 is 2.19 bits per heavy atom. The molecule has 21 heavy (non-hydrogen) atoms. The zero-order chi connectivity index (χ0) is 15.3. The van der Waals surface area contributed by atoms with Gasteiger partial charge in [-0.2, -0.15) is 0 Å². The topological polar surface area (TPSA) is 49.3 Å². The Morgan fingerprint density at radius 1 is 1.00 bits per heavy atom. The highest BCUT2D eigenvalue weighted by molar-refractivity contribution is 5.84. The average Bonchev–Trinajstić information content (AvgIpc) is 2.49. The molecule has 0 aliphatic heterocycles. The Hall–Kier alpha value is -0.410. The van der Waals surface area contributed by atoms with Crippen molar-refractivity contribution >= 4 is 5.78 Å². The molecule has 2 unspecified atom stereocenters. The van der Waals surface area contributed by atoms with E-state index in [9.17, 15) is 9.90 Å². The molecular formula is C18H35NO2. The number of hydrogen-bond donors (Lipinski definition) is 2. The molecule has 1 aliphatic carbocycles. The number of carbonyl (C=O) groups excluding carboxylic acids is 1. The average molecular weight is 297 g/mol. The van der Waals surface area contributed by atoms with Crippen LogP contribution in [0.25, 0.3) is 0 Å². The molecule has 1 fully saturated rings. The third-order valence-corrected chi connectivity index (χ3v) is 4.59. The van der Waals surface area contributed by atoms with Gasteiger partial charge in [-0.15, -0.1) is 0 Å². The first-order valence-corrected chi connectivity index (χ1v) is 9.20. The molecule has 0 aromatic carbocycles. The van der Waals surface area contributed by atoms with E-state index < -0.39 is 6.10 Å². The van der Waals surface area contributed by atoms with Crippen molar-refractivity contribution in [3.8, 4) is 0 Å². The fraction of sp³-hybridized carbons (Fsp3) is 0.944. The largest absolute Gasteiger partial charge is 0.384 e. The van der Waals surface area contributed by atoms with Crippen molar-refractivity contribution in [2.75, 3.05) is 6.54 Å². The van der Waals surface area contributed by atoms with E-state index in [4.69, 9.17) is 0 Å². The molecule has 1 rings (SSSR count). The van der Waals surface area contributed by atoms with Crippen LogP contribution in [0.4, 0.5) is 0 Å². The molecule has 0 amide bonds. The van der Waals surface area contributed by atoms with E-state index in [1.165, 1.54) is 57.8 Å². The molecule has 0 aromatic heterocycles. The van der Waals surface area contributed by atoms with Crippen LogP contribution in [0.5, 0.6) is 0 Å². The summed E-state index contributed by atoms with van der Waals surface area (Å²) in [6, 6.07) is 0.00446. The van der Waals surface area contributed by atoms with Crippen molar-refractivity contribution in [3.05, 3.63) is 0 Å². The van der Waals surface area contributed by atoms with E-state index in [0.717, 1.165) is 25.8 Å². The monoisotopic (exact) mass is 297 g/mol. The predicted molar refractivity (Wildman–Crippen MR) is 88.5 cm³/mol. The second kappa shape index (κ2) is 12.2. The van der Waals surface area contributed by atoms with Crippen molar-refractivity contribution in [2.24, 2.45) is 0 Å². The van der Waals surface area contributed by atoms with E-state index in [1.54, 1.807) is 0 Å². The molecule has 1 saturated carbocycles. The van der Waals surface area contributed by atoms with Gasteiger partial charge in [0, 0.05) is 12.5 Å². The number of nitrogens with one attached hydrogen (secondary N) is 1. The van der Waals surface area contributed by atoms with Gasteiger partial charge in [-0.1, -0.05) is 64.7 Å². The second-order valence-electron chi connectivity index (χ2n) is 6.55. The van der Waals surface area contributed by atoms with Crippen LogP contribution >= 0.6 is 0 Å². The Bertz CT molecular complexity index is 268. The van der Waals surface area contributed by atoms with Crippen LogP contribution < -0.4 is 5.32 Å². The maximum Gasteiger partial charge on any atom is 0.162 e. The quantitative estimate of drug-likeness (QED) is 0.536. The summed E-state index contributed by atoms with van der Waals surface area (Å²) < 4.78 is 0. The fourth-order valence-electron chi connectivity index (χ4n) is 3.14. The van der Waals surface area contributed by atoms with Gasteiger partial charge in [0.2, 0.25) is 0 Å². The van der Waals surface area contributed by atoms with Crippen molar-refractivity contribution < 1.29 is 9.90 Å². The van der Waals surface area contributed by atoms with Gasteiger partial charge in [0.05, 0.1) is 0 Å². The number of ketones is 1. The molecule has 124 valence electrons. The van der Waals surface area contributed by atoms with Crippen LogP contribution in [0.1, 0.15) is 90.4 Å². The molecule has 0 heterocycles. The van der Waals surface area contributed by atoms with Crippen LogP contribution in [0.2, 0.25) is 0 Å². The molecule has 2 N–H and O–H groups in total. The summed E-state index contributed by atoms with van der Waals surface area (Å²) in [5.74, 6) is 0.0156. The number of rotatable bonds is 12. The van der Waals surface area contributed by atoms with Crippen molar-refractivity contribution in [2.45, 2.75) is 103 Å². The van der Waals surface area contributed by atoms with Crippen molar-refractivity contribution in [1.29, 1.82) is 0 Å². The van der Waals surface area contributed by atoms with E-state index in [0.29, 0.717) is 6.42 Å². The first-order chi connectivity index (χ1) is 10.3. The summed E-state index contributed by atoms with van der Waals surface area (Å²) in [5, 5.41) is 13.1. The number of Topliss-reactive ketones (excluding diaryl/α,β-unsaturated/α-hetero) is 1. The molecule has 1 aliphatic rings. The van der Waals surface area contributed by atoms with E-state index >= 15 is 0 Å². The zero-order valence-electron chi connectivity index (χ0n) is 13.9. The number of unbranched alkanes of at least 4 members (excludes halogenated alkanes) is 9. The van der Waals surface area contributed by atoms with Gasteiger partial charge in [-0.25, -0.2) is 0 Å². The van der Waals surface area contributed by atoms with Gasteiger partial charge < -0.3 is 10.4 Å². The summed E-state index contributed by atoms with van der Waals surface area (Å²) in [5.41, 5.74) is 0. The smallest absolute Gasteiger partial charge is 0.162 e. The van der Waals surface area contributed by atoms with E-state index in [-0.39, 0.29) is 11.8 Å². The first-order valence-electron chi connectivity index (χ1n) is 9.20. The summed E-state index contributed by atoms with van der Waals surface area (Å²) in [6.07, 6.45) is 15.1. The van der Waals surface area contributed by atoms with Crippen LogP contribution in [-0.4, -0.2) is 29.6 Å². The highest BCUT2D eigenvalue weighted by Crippen LogP contribution is 2.16. The second-order valence-corrected chi connectivity index (χ2v) is 6.55. The highest BCUT2D eigenvalue weighted by Gasteiger charge is 2.28. The summed E-state index contributed by atoms with van der Waals surface area (Å²) >= 11 is 0. The van der Waals surface area contributed by atoms with Gasteiger partial charge in [-0.05, 0) is 25.8 Å². The molecular weight excluding hydrogens is 262 g/mol. The van der Waals surface area contributed by atoms with E-state index in [2.05, 4.69) is 12.2 Å². The van der Waals surface area contributed by atoms with Crippen LogP contribution in [0.3, 0.4) is 0 Å². The van der Waals surface area contributed by atoms with E-state index in [1.807, 2.05) is 0 Å². The molecule has 3 heteroatoms. The summed E-state index contributed by atoms with van der Waals surface area (Å²) in [4.78, 5) is 11.4. The molecule has 0 saturated heterocycles. The zero-order valence-corrected chi connectivity index (χ0v) is 13.9. The maximum absolute atomic E-state index is 11.4. The van der Waals surface area contributed by atoms with Crippen LogP contribution in [0, 0.1) is 0 Å². The SMILES string of the molecule is CCCCCCCCCCCCNC1CCCC(=O)C1O. The van der Waals surface area contributed by atoms with Crippen molar-refractivity contribution in [3.63, 3.8) is 0 Å². The van der Waals surface area contributed by atoms with Crippen LogP contribution in [0.15, 0.2) is 0 Å². The fourth-order valence-corrected chi connectivity index (χ4v) is 3.14. The summed E-state index contributed by atoms with van der Waals surface area (Å²) in [6.45, 7) is 3.20. The Morgan fingerprint density at radius 2 is 1.57 bits per heavy atom. The number of carbonyl (C=O) groups is 1. The molecule has 0 radical (unpaired) electrons. The standard InChI is InChI=1S/C18H35NO2/c1-2-3-4-5-6-7-8-9-10-11-15-19-16-13-12-14-17(20)18(16)21/h16,18-19,21H,2-15H2,1H3. The molecule has 3 nitrogen and oxygen atoms in total. The minimum absolute atomic E-state index is 0.00446. The van der Waals surface area contributed by atoms with Gasteiger partial charge in [0.1, 0.15) is 6.10 Å². The van der Waals surface area contributed by atoms with Gasteiger partial charge in [-0.3, -0.25) is 4.79 Å². The number of hydrogen-bond acceptors (Lipinski definition) is 3. The van der Waals surface area contributed by atoms with Gasteiger partial charge in [0.15, 0.2) is 5.78 Å². The van der Waals surface area contributed by atoms with Gasteiger partial charge >= 0.3 is 0 Å². The molecule has 0 bridgehead atoms. The van der Waals surface area contributed by atoms with Gasteiger partial charge in [0.25, 0.3) is 0 Å². The number of aliphatic hydroxyl groups excluding tert-OH is 1. The molecule has 0 spiro atoms. The third kappa shape index (κ3) is 8.57. The minimum atomic E-state index is -0.762. The Labute approximate surface area is 130 Å². The Kier molecular flexibility index (Phi) is 10.8. The maximum atomic E-state index is 11.4. The lowest BCUT2D eigenvalue weighted by atomic mass is 9.91. The highest BCUT2D eigenvalue weighted by atomic mass is 16.3. The lowest BCUT2D eigenvalue weighted by Crippen LogP contribution is -2.47. The lowest BCUT2D eigenvalue weighted by molar-refractivity contribution is -0.130.